The number of ether oxygens (including phenoxy) is 2. The van der Waals surface area contributed by atoms with Crippen LogP contribution < -0.4 is 0 Å². The lowest BCUT2D eigenvalue weighted by atomic mass is 10.0. The molecule has 0 N–H and O–H groups in total. The monoisotopic (exact) mass is 293 g/mol. The van der Waals surface area contributed by atoms with Gasteiger partial charge < -0.3 is 14.3 Å². The van der Waals surface area contributed by atoms with Crippen molar-refractivity contribution in [1.82, 2.24) is 0 Å². The van der Waals surface area contributed by atoms with E-state index < -0.39 is 22.0 Å². The Kier molecular flexibility index (Phi) is 3.27. The number of oxime groups is 1. The lowest BCUT2D eigenvalue weighted by Gasteiger charge is -2.36. The number of rotatable bonds is 2. The average Bonchev–Trinajstić information content (AvgIpc) is 2.12. The third-order valence-corrected chi connectivity index (χ3v) is 3.19. The van der Waals surface area contributed by atoms with Gasteiger partial charge in [-0.2, -0.15) is 0 Å². The molecule has 16 heavy (non-hydrogen) atoms. The smallest absolute Gasteiger partial charge is 0.343 e. The van der Waals surface area contributed by atoms with Gasteiger partial charge in [-0.05, 0) is 6.92 Å². The third-order valence-electron chi connectivity index (χ3n) is 1.97. The van der Waals surface area contributed by atoms with E-state index in [1.807, 2.05) is 0 Å². The van der Waals surface area contributed by atoms with Crippen molar-refractivity contribution in [1.29, 1.82) is 0 Å². The molecule has 1 fully saturated rings. The fourth-order valence-electron chi connectivity index (χ4n) is 1.19. The van der Waals surface area contributed by atoms with Crippen LogP contribution in [0.2, 0.25) is 0 Å². The van der Waals surface area contributed by atoms with Crippen molar-refractivity contribution in [3.05, 3.63) is 0 Å². The molecule has 0 aromatic carbocycles. The Hall–Kier alpha value is -1.11. The summed E-state index contributed by atoms with van der Waals surface area (Å²) in [7, 11) is 1.31. The molecule has 0 amide bonds. The van der Waals surface area contributed by atoms with Gasteiger partial charge in [-0.25, -0.2) is 9.59 Å². The normalized spacial score (nSPS) is 23.4. The highest BCUT2D eigenvalue weighted by Crippen LogP contribution is 2.33. The highest BCUT2D eigenvalue weighted by atomic mass is 79.9. The molecular formula is C9H12BrNO5. The van der Waals surface area contributed by atoms with Crippen molar-refractivity contribution in [3.63, 3.8) is 0 Å². The van der Waals surface area contributed by atoms with E-state index in [-0.39, 0.29) is 5.71 Å². The van der Waals surface area contributed by atoms with Gasteiger partial charge in [-0.3, -0.25) is 0 Å². The van der Waals surface area contributed by atoms with E-state index in [0.717, 1.165) is 0 Å². The molecule has 0 spiro atoms. The van der Waals surface area contributed by atoms with Crippen LogP contribution in [-0.4, -0.2) is 34.9 Å². The van der Waals surface area contributed by atoms with Gasteiger partial charge in [0.25, 0.3) is 10.1 Å². The number of alkyl halides is 1. The van der Waals surface area contributed by atoms with Crippen molar-refractivity contribution < 1.29 is 23.9 Å². The maximum Gasteiger partial charge on any atom is 0.343 e. The molecule has 1 aliphatic rings. The lowest BCUT2D eigenvalue weighted by Crippen LogP contribution is -2.58. The van der Waals surface area contributed by atoms with Gasteiger partial charge in [0.15, 0.2) is 0 Å². The highest BCUT2D eigenvalue weighted by Gasteiger charge is 2.57. The molecule has 0 aromatic heterocycles. The molecule has 0 bridgehead atoms. The summed E-state index contributed by atoms with van der Waals surface area (Å²) in [6.07, 6.45) is 0. The van der Waals surface area contributed by atoms with E-state index in [1.165, 1.54) is 27.9 Å². The average molecular weight is 294 g/mol. The molecule has 90 valence electrons. The van der Waals surface area contributed by atoms with Crippen molar-refractivity contribution in [2.24, 2.45) is 5.16 Å². The zero-order chi connectivity index (χ0) is 12.6. The van der Waals surface area contributed by atoms with Crippen molar-refractivity contribution in [3.8, 4) is 0 Å². The number of nitrogens with zero attached hydrogens (tertiary/aromatic N) is 1. The van der Waals surface area contributed by atoms with Crippen LogP contribution in [0.25, 0.3) is 0 Å². The van der Waals surface area contributed by atoms with Crippen molar-refractivity contribution in [2.45, 2.75) is 30.9 Å². The number of cyclic esters (lactones) is 2. The molecule has 7 heteroatoms. The first-order chi connectivity index (χ1) is 7.24. The zero-order valence-corrected chi connectivity index (χ0v) is 11.0. The van der Waals surface area contributed by atoms with Crippen molar-refractivity contribution >= 4 is 33.6 Å². The molecule has 0 unspecified atom stereocenters. The SMILES string of the molecule is CO/N=C(\C)C1(Br)C(=O)OC(C)(C)OC1=O. The summed E-state index contributed by atoms with van der Waals surface area (Å²) in [5.74, 6) is -2.81. The van der Waals surface area contributed by atoms with Crippen molar-refractivity contribution in [2.75, 3.05) is 7.11 Å². The maximum atomic E-state index is 11.8. The van der Waals surface area contributed by atoms with E-state index in [4.69, 9.17) is 9.47 Å². The fraction of sp³-hybridized carbons (Fsp3) is 0.667. The molecule has 0 aliphatic carbocycles. The number of esters is 2. The number of carbonyl (C=O) groups is 2. The molecular weight excluding hydrogens is 282 g/mol. The predicted octanol–water partition coefficient (Wildman–Crippen LogP) is 0.979. The Balaban J connectivity index is 3.11. The second-order valence-corrected chi connectivity index (χ2v) is 4.89. The topological polar surface area (TPSA) is 74.2 Å². The quantitative estimate of drug-likeness (QED) is 0.249. The van der Waals surface area contributed by atoms with E-state index in [2.05, 4.69) is 25.9 Å². The van der Waals surface area contributed by atoms with Crippen LogP contribution in [0.1, 0.15) is 20.8 Å². The van der Waals surface area contributed by atoms with Crippen LogP contribution in [-0.2, 0) is 23.9 Å². The standard InChI is InChI=1S/C9H12BrNO5/c1-5(11-14-4)9(10)6(12)15-8(2,3)16-7(9)13/h1-4H3/b11-5+. The summed E-state index contributed by atoms with van der Waals surface area (Å²) in [6, 6.07) is 0. The van der Waals surface area contributed by atoms with Gasteiger partial charge in [-0.15, -0.1) is 0 Å². The second kappa shape index (κ2) is 4.04. The van der Waals surface area contributed by atoms with Crippen LogP contribution in [0.15, 0.2) is 5.16 Å². The van der Waals surface area contributed by atoms with Crippen LogP contribution in [0.3, 0.4) is 0 Å². The zero-order valence-electron chi connectivity index (χ0n) is 9.37. The largest absolute Gasteiger partial charge is 0.421 e. The van der Waals surface area contributed by atoms with Crippen LogP contribution in [0, 0.1) is 0 Å². The first-order valence-electron chi connectivity index (χ1n) is 4.48. The summed E-state index contributed by atoms with van der Waals surface area (Å²) >= 11 is 2.98. The predicted molar refractivity (Wildman–Crippen MR) is 58.0 cm³/mol. The van der Waals surface area contributed by atoms with E-state index >= 15 is 0 Å². The van der Waals surface area contributed by atoms with E-state index in [0.29, 0.717) is 0 Å². The summed E-state index contributed by atoms with van der Waals surface area (Å²) in [5.41, 5.74) is 0.112. The van der Waals surface area contributed by atoms with Gasteiger partial charge in [0.2, 0.25) is 0 Å². The Labute approximate surface area is 101 Å². The Morgan fingerprint density at radius 2 is 1.75 bits per heavy atom. The minimum atomic E-state index is -1.72. The molecule has 1 rings (SSSR count). The lowest BCUT2D eigenvalue weighted by molar-refractivity contribution is -0.232. The Bertz CT molecular complexity index is 343. The van der Waals surface area contributed by atoms with Gasteiger partial charge in [0.05, 0.1) is 5.71 Å². The number of hydrogen-bond acceptors (Lipinski definition) is 6. The van der Waals surface area contributed by atoms with Gasteiger partial charge >= 0.3 is 11.9 Å². The van der Waals surface area contributed by atoms with Crippen LogP contribution >= 0.6 is 15.9 Å². The highest BCUT2D eigenvalue weighted by molar-refractivity contribution is 9.11. The van der Waals surface area contributed by atoms with Gasteiger partial charge in [0, 0.05) is 13.8 Å². The summed E-state index contributed by atoms with van der Waals surface area (Å²) in [6.45, 7) is 4.40. The minimum Gasteiger partial charge on any atom is -0.421 e. The maximum absolute atomic E-state index is 11.8. The summed E-state index contributed by atoms with van der Waals surface area (Å²) in [4.78, 5) is 28.0. The van der Waals surface area contributed by atoms with Crippen LogP contribution in [0.5, 0.6) is 0 Å². The molecule has 6 nitrogen and oxygen atoms in total. The third kappa shape index (κ3) is 2.04. The van der Waals surface area contributed by atoms with Crippen LogP contribution in [0.4, 0.5) is 0 Å². The molecule has 1 aliphatic heterocycles. The van der Waals surface area contributed by atoms with E-state index in [1.54, 1.807) is 0 Å². The summed E-state index contributed by atoms with van der Waals surface area (Å²) < 4.78 is 8.20. The van der Waals surface area contributed by atoms with Gasteiger partial charge in [0.1, 0.15) is 7.11 Å². The summed E-state index contributed by atoms with van der Waals surface area (Å²) in [5, 5.41) is 3.54. The molecule has 0 saturated carbocycles. The first-order valence-corrected chi connectivity index (χ1v) is 5.27. The van der Waals surface area contributed by atoms with E-state index in [9.17, 15) is 9.59 Å². The minimum absolute atomic E-state index is 0.112. The number of halogens is 1. The van der Waals surface area contributed by atoms with Gasteiger partial charge in [-0.1, -0.05) is 21.1 Å². The Morgan fingerprint density at radius 1 is 1.31 bits per heavy atom. The molecule has 0 atom stereocenters. The second-order valence-electron chi connectivity index (χ2n) is 3.70. The molecule has 0 radical (unpaired) electrons. The fourth-order valence-corrected chi connectivity index (χ4v) is 1.42. The Morgan fingerprint density at radius 3 is 2.12 bits per heavy atom. The first kappa shape index (κ1) is 13.0. The molecule has 1 saturated heterocycles. The molecule has 1 heterocycles. The number of hydrogen-bond donors (Lipinski definition) is 0. The number of carbonyl (C=O) groups excluding carboxylic acids is 2. The molecule has 0 aromatic rings.